The highest BCUT2D eigenvalue weighted by molar-refractivity contribution is 6.30. The third-order valence-corrected chi connectivity index (χ3v) is 3.55. The Bertz CT molecular complexity index is 574. The summed E-state index contributed by atoms with van der Waals surface area (Å²) in [4.78, 5) is 4.20. The molecule has 0 spiro atoms. The molecule has 2 atom stereocenters. The first-order valence-corrected chi connectivity index (χ1v) is 6.99. The molecule has 2 aromatic rings. The minimum absolute atomic E-state index is 0.0404. The van der Waals surface area contributed by atoms with Crippen molar-refractivity contribution in [2.75, 3.05) is 7.05 Å². The van der Waals surface area contributed by atoms with Crippen molar-refractivity contribution in [2.24, 2.45) is 0 Å². The molecule has 0 saturated heterocycles. The van der Waals surface area contributed by atoms with Gasteiger partial charge in [-0.15, -0.1) is 0 Å². The van der Waals surface area contributed by atoms with Crippen molar-refractivity contribution >= 4 is 11.6 Å². The Kier molecular flexibility index (Phi) is 4.99. The molecule has 0 fully saturated rings. The highest BCUT2D eigenvalue weighted by atomic mass is 35.5. The van der Waals surface area contributed by atoms with Crippen LogP contribution in [0.4, 0.5) is 0 Å². The van der Waals surface area contributed by atoms with E-state index in [1.54, 1.807) is 6.20 Å². The maximum atomic E-state index is 5.98. The van der Waals surface area contributed by atoms with Crippen molar-refractivity contribution in [3.63, 3.8) is 0 Å². The van der Waals surface area contributed by atoms with E-state index in [-0.39, 0.29) is 12.1 Å². The van der Waals surface area contributed by atoms with Gasteiger partial charge in [0.15, 0.2) is 0 Å². The summed E-state index contributed by atoms with van der Waals surface area (Å²) in [6.07, 6.45) is 3.64. The molecule has 1 heterocycles. The summed E-state index contributed by atoms with van der Waals surface area (Å²) in [5.74, 6) is 0.770. The average Bonchev–Trinajstić information content (AvgIpc) is 2.41. The molecular formula is C16H19ClN2O. The standard InChI is InChI=1S/C16H19ClN2O/c1-11-7-8-19-10-15(11)16(18-3)12(2)20-14-6-4-5-13(17)9-14/h4-10,12,16,18H,1-3H3. The lowest BCUT2D eigenvalue weighted by atomic mass is 10.00. The lowest BCUT2D eigenvalue weighted by molar-refractivity contribution is 0.175. The zero-order valence-electron chi connectivity index (χ0n) is 11.9. The summed E-state index contributed by atoms with van der Waals surface area (Å²) in [6, 6.07) is 9.52. The van der Waals surface area contributed by atoms with E-state index in [0.29, 0.717) is 5.02 Å². The monoisotopic (exact) mass is 290 g/mol. The van der Waals surface area contributed by atoms with Gasteiger partial charge in [0.25, 0.3) is 0 Å². The molecule has 1 N–H and O–H groups in total. The summed E-state index contributed by atoms with van der Waals surface area (Å²) >= 11 is 5.98. The van der Waals surface area contributed by atoms with Crippen LogP contribution in [-0.4, -0.2) is 18.1 Å². The van der Waals surface area contributed by atoms with Gasteiger partial charge in [0, 0.05) is 17.4 Å². The second-order valence-electron chi connectivity index (χ2n) is 4.78. The van der Waals surface area contributed by atoms with Gasteiger partial charge in [-0.3, -0.25) is 4.98 Å². The molecule has 0 aliphatic heterocycles. The Balaban J connectivity index is 2.18. The van der Waals surface area contributed by atoms with Crippen LogP contribution >= 0.6 is 11.6 Å². The quantitative estimate of drug-likeness (QED) is 0.910. The normalized spacial score (nSPS) is 13.8. The molecule has 0 aliphatic carbocycles. The number of hydrogen-bond acceptors (Lipinski definition) is 3. The van der Waals surface area contributed by atoms with Crippen molar-refractivity contribution in [3.05, 3.63) is 58.9 Å². The van der Waals surface area contributed by atoms with E-state index in [9.17, 15) is 0 Å². The van der Waals surface area contributed by atoms with E-state index in [2.05, 4.69) is 17.2 Å². The van der Waals surface area contributed by atoms with Crippen molar-refractivity contribution < 1.29 is 4.74 Å². The van der Waals surface area contributed by atoms with Crippen LogP contribution in [0.3, 0.4) is 0 Å². The minimum Gasteiger partial charge on any atom is -0.489 e. The fourth-order valence-corrected chi connectivity index (χ4v) is 2.45. The number of likely N-dealkylation sites (N-methyl/N-ethyl adjacent to an activating group) is 1. The van der Waals surface area contributed by atoms with Crippen LogP contribution in [0.5, 0.6) is 5.75 Å². The highest BCUT2D eigenvalue weighted by Crippen LogP contribution is 2.25. The number of nitrogens with zero attached hydrogens (tertiary/aromatic N) is 1. The Labute approximate surface area is 124 Å². The van der Waals surface area contributed by atoms with Crippen LogP contribution in [0.1, 0.15) is 24.1 Å². The number of aryl methyl sites for hydroxylation is 1. The molecule has 3 nitrogen and oxygen atoms in total. The maximum Gasteiger partial charge on any atom is 0.121 e. The number of halogens is 1. The molecular weight excluding hydrogens is 272 g/mol. The first-order valence-electron chi connectivity index (χ1n) is 6.62. The third kappa shape index (κ3) is 3.50. The summed E-state index contributed by atoms with van der Waals surface area (Å²) in [7, 11) is 1.93. The molecule has 106 valence electrons. The van der Waals surface area contributed by atoms with E-state index < -0.39 is 0 Å². The van der Waals surface area contributed by atoms with Crippen LogP contribution in [0.25, 0.3) is 0 Å². The summed E-state index contributed by atoms with van der Waals surface area (Å²) < 4.78 is 5.98. The van der Waals surface area contributed by atoms with Crippen molar-refractivity contribution in [3.8, 4) is 5.75 Å². The fourth-order valence-electron chi connectivity index (χ4n) is 2.27. The first kappa shape index (κ1) is 14.8. The highest BCUT2D eigenvalue weighted by Gasteiger charge is 2.21. The number of benzene rings is 1. The number of aromatic nitrogens is 1. The van der Waals surface area contributed by atoms with Gasteiger partial charge in [-0.1, -0.05) is 17.7 Å². The zero-order chi connectivity index (χ0) is 14.5. The van der Waals surface area contributed by atoms with Gasteiger partial charge in [-0.05, 0) is 56.3 Å². The molecule has 0 amide bonds. The topological polar surface area (TPSA) is 34.2 Å². The number of hydrogen-bond donors (Lipinski definition) is 1. The predicted molar refractivity (Wildman–Crippen MR) is 82.3 cm³/mol. The summed E-state index contributed by atoms with van der Waals surface area (Å²) in [5.41, 5.74) is 2.34. The molecule has 0 radical (unpaired) electrons. The Morgan fingerprint density at radius 1 is 1.30 bits per heavy atom. The second-order valence-corrected chi connectivity index (χ2v) is 5.22. The smallest absolute Gasteiger partial charge is 0.121 e. The lowest BCUT2D eigenvalue weighted by Gasteiger charge is -2.26. The average molecular weight is 291 g/mol. The summed E-state index contributed by atoms with van der Waals surface area (Å²) in [5, 5.41) is 3.97. The van der Waals surface area contributed by atoms with Gasteiger partial charge in [0.2, 0.25) is 0 Å². The third-order valence-electron chi connectivity index (χ3n) is 3.31. The van der Waals surface area contributed by atoms with Gasteiger partial charge in [0.05, 0.1) is 6.04 Å². The molecule has 0 saturated carbocycles. The number of nitrogens with one attached hydrogen (secondary N) is 1. The Hall–Kier alpha value is -1.58. The van der Waals surface area contributed by atoms with Gasteiger partial charge < -0.3 is 10.1 Å². The lowest BCUT2D eigenvalue weighted by Crippen LogP contribution is -2.32. The van der Waals surface area contributed by atoms with Crippen LogP contribution in [0.15, 0.2) is 42.7 Å². The molecule has 2 rings (SSSR count). The van der Waals surface area contributed by atoms with Crippen LogP contribution < -0.4 is 10.1 Å². The minimum atomic E-state index is -0.0404. The van der Waals surface area contributed by atoms with Crippen LogP contribution in [0.2, 0.25) is 5.02 Å². The van der Waals surface area contributed by atoms with Gasteiger partial charge in [-0.25, -0.2) is 0 Å². The van der Waals surface area contributed by atoms with E-state index in [0.717, 1.165) is 11.3 Å². The van der Waals surface area contributed by atoms with Gasteiger partial charge in [-0.2, -0.15) is 0 Å². The van der Waals surface area contributed by atoms with E-state index >= 15 is 0 Å². The molecule has 1 aromatic heterocycles. The van der Waals surface area contributed by atoms with Crippen molar-refractivity contribution in [1.29, 1.82) is 0 Å². The van der Waals surface area contributed by atoms with Crippen LogP contribution in [-0.2, 0) is 0 Å². The molecule has 1 aromatic carbocycles. The zero-order valence-corrected chi connectivity index (χ0v) is 12.7. The Morgan fingerprint density at radius 3 is 2.75 bits per heavy atom. The summed E-state index contributed by atoms with van der Waals surface area (Å²) in [6.45, 7) is 4.11. The molecule has 4 heteroatoms. The Morgan fingerprint density at radius 2 is 2.10 bits per heavy atom. The largest absolute Gasteiger partial charge is 0.489 e. The molecule has 0 bridgehead atoms. The van der Waals surface area contributed by atoms with E-state index in [1.165, 1.54) is 5.56 Å². The molecule has 0 aliphatic rings. The molecule has 2 unspecified atom stereocenters. The number of ether oxygens (including phenoxy) is 1. The SMILES string of the molecule is CNC(c1cnccc1C)C(C)Oc1cccc(Cl)c1. The number of pyridine rings is 1. The fraction of sp³-hybridized carbons (Fsp3) is 0.312. The van der Waals surface area contributed by atoms with Crippen molar-refractivity contribution in [1.82, 2.24) is 10.3 Å². The molecule has 20 heavy (non-hydrogen) atoms. The predicted octanol–water partition coefficient (Wildman–Crippen LogP) is 3.77. The van der Waals surface area contributed by atoms with E-state index in [1.807, 2.05) is 50.5 Å². The number of rotatable bonds is 5. The van der Waals surface area contributed by atoms with Gasteiger partial charge in [0.1, 0.15) is 11.9 Å². The van der Waals surface area contributed by atoms with E-state index in [4.69, 9.17) is 16.3 Å². The second kappa shape index (κ2) is 6.73. The van der Waals surface area contributed by atoms with Crippen LogP contribution in [0, 0.1) is 6.92 Å². The maximum absolute atomic E-state index is 5.98. The van der Waals surface area contributed by atoms with Gasteiger partial charge >= 0.3 is 0 Å². The van der Waals surface area contributed by atoms with Crippen molar-refractivity contribution in [2.45, 2.75) is 26.0 Å². The first-order chi connectivity index (χ1) is 9.61.